The molecule has 0 aromatic carbocycles. The second-order valence-electron chi connectivity index (χ2n) is 1.97. The third-order valence-corrected chi connectivity index (χ3v) is 2.23. The van der Waals surface area contributed by atoms with Crippen molar-refractivity contribution in [2.45, 2.75) is 13.5 Å². The Hall–Kier alpha value is -0.640. The maximum Gasteiger partial charge on any atom is 0.141 e. The number of aromatic nitrogens is 2. The van der Waals surface area contributed by atoms with Gasteiger partial charge in [0.25, 0.3) is 0 Å². The van der Waals surface area contributed by atoms with Crippen LogP contribution in [0.1, 0.15) is 5.56 Å². The first-order valence-corrected chi connectivity index (χ1v) is 3.66. The van der Waals surface area contributed by atoms with Crippen molar-refractivity contribution in [2.24, 2.45) is 0 Å². The average molecular weight is 203 g/mol. The van der Waals surface area contributed by atoms with Crippen molar-refractivity contribution < 1.29 is 4.79 Å². The van der Waals surface area contributed by atoms with E-state index in [4.69, 9.17) is 0 Å². The summed E-state index contributed by atoms with van der Waals surface area (Å²) in [4.78, 5) is 10.1. The summed E-state index contributed by atoms with van der Waals surface area (Å²) >= 11 is 3.29. The molecule has 1 aromatic heterocycles. The van der Waals surface area contributed by atoms with Crippen molar-refractivity contribution in [3.63, 3.8) is 0 Å². The minimum absolute atomic E-state index is 0.314. The van der Waals surface area contributed by atoms with Crippen LogP contribution in [0.4, 0.5) is 0 Å². The van der Waals surface area contributed by atoms with Crippen LogP contribution in [0.15, 0.2) is 10.8 Å². The summed E-state index contributed by atoms with van der Waals surface area (Å²) in [6, 6.07) is 0. The number of rotatable bonds is 2. The fourth-order valence-corrected chi connectivity index (χ4v) is 1.00. The maximum atomic E-state index is 10.1. The molecule has 0 aliphatic rings. The summed E-state index contributed by atoms with van der Waals surface area (Å²) in [6.45, 7) is 2.24. The molecule has 0 unspecified atom stereocenters. The minimum Gasteiger partial charge on any atom is -0.301 e. The van der Waals surface area contributed by atoms with Gasteiger partial charge in [-0.05, 0) is 22.9 Å². The standard InChI is InChI=1S/C6H7BrN2O/c1-5-4-8-9(2-3-10)6(5)7/h3-4H,2H2,1H3. The second kappa shape index (κ2) is 2.96. The molecule has 0 radical (unpaired) electrons. The van der Waals surface area contributed by atoms with E-state index < -0.39 is 0 Å². The van der Waals surface area contributed by atoms with Gasteiger partial charge >= 0.3 is 0 Å². The molecule has 54 valence electrons. The van der Waals surface area contributed by atoms with E-state index in [1.54, 1.807) is 10.9 Å². The highest BCUT2D eigenvalue weighted by Gasteiger charge is 2.00. The lowest BCUT2D eigenvalue weighted by molar-refractivity contribution is -0.108. The summed E-state index contributed by atoms with van der Waals surface area (Å²) in [5.41, 5.74) is 1.04. The van der Waals surface area contributed by atoms with Gasteiger partial charge in [-0.25, -0.2) is 0 Å². The van der Waals surface area contributed by atoms with Gasteiger partial charge < -0.3 is 4.79 Å². The van der Waals surface area contributed by atoms with Crippen LogP contribution >= 0.6 is 15.9 Å². The Balaban J connectivity index is 2.93. The van der Waals surface area contributed by atoms with Gasteiger partial charge in [-0.3, -0.25) is 4.68 Å². The summed E-state index contributed by atoms with van der Waals surface area (Å²) in [5.74, 6) is 0. The summed E-state index contributed by atoms with van der Waals surface area (Å²) in [6.07, 6.45) is 2.53. The van der Waals surface area contributed by atoms with Crippen LogP contribution in [0, 0.1) is 6.92 Å². The third kappa shape index (κ3) is 1.26. The molecular formula is C6H7BrN2O. The molecule has 0 saturated carbocycles. The van der Waals surface area contributed by atoms with Crippen molar-refractivity contribution >= 4 is 22.2 Å². The van der Waals surface area contributed by atoms with E-state index in [1.807, 2.05) is 6.92 Å². The molecule has 1 rings (SSSR count). The van der Waals surface area contributed by atoms with E-state index in [0.717, 1.165) is 16.5 Å². The first-order chi connectivity index (χ1) is 4.75. The lowest BCUT2D eigenvalue weighted by atomic mass is 10.4. The molecule has 1 heterocycles. The Bertz CT molecular complexity index is 244. The molecule has 3 nitrogen and oxygen atoms in total. The highest BCUT2D eigenvalue weighted by atomic mass is 79.9. The lowest BCUT2D eigenvalue weighted by Gasteiger charge is -1.94. The van der Waals surface area contributed by atoms with Gasteiger partial charge in [0, 0.05) is 5.56 Å². The van der Waals surface area contributed by atoms with Gasteiger partial charge in [0.1, 0.15) is 10.9 Å². The van der Waals surface area contributed by atoms with Gasteiger partial charge in [-0.1, -0.05) is 0 Å². The molecule has 0 amide bonds. The Morgan fingerprint density at radius 2 is 2.60 bits per heavy atom. The second-order valence-corrected chi connectivity index (χ2v) is 2.72. The van der Waals surface area contributed by atoms with Gasteiger partial charge in [0.15, 0.2) is 0 Å². The van der Waals surface area contributed by atoms with Crippen LogP contribution in [0.2, 0.25) is 0 Å². The molecule has 0 atom stereocenters. The number of aldehydes is 1. The lowest BCUT2D eigenvalue weighted by Crippen LogP contribution is -2.00. The summed E-state index contributed by atoms with van der Waals surface area (Å²) < 4.78 is 2.47. The Kier molecular flexibility index (Phi) is 2.21. The first kappa shape index (κ1) is 7.47. The van der Waals surface area contributed by atoms with Crippen molar-refractivity contribution in [3.8, 4) is 0 Å². The molecule has 0 aliphatic heterocycles. The van der Waals surface area contributed by atoms with Gasteiger partial charge in [-0.15, -0.1) is 0 Å². The quantitative estimate of drug-likeness (QED) is 0.675. The van der Waals surface area contributed by atoms with Crippen LogP contribution in [0.25, 0.3) is 0 Å². The fourth-order valence-electron chi connectivity index (χ4n) is 0.662. The zero-order valence-corrected chi connectivity index (χ0v) is 7.13. The molecule has 0 N–H and O–H groups in total. The van der Waals surface area contributed by atoms with Crippen LogP contribution in [-0.4, -0.2) is 16.1 Å². The molecule has 0 saturated heterocycles. The highest BCUT2D eigenvalue weighted by Crippen LogP contribution is 2.13. The number of hydrogen-bond acceptors (Lipinski definition) is 2. The monoisotopic (exact) mass is 202 g/mol. The van der Waals surface area contributed by atoms with Crippen LogP contribution in [-0.2, 0) is 11.3 Å². The summed E-state index contributed by atoms with van der Waals surface area (Å²) in [7, 11) is 0. The average Bonchev–Trinajstić information content (AvgIpc) is 2.20. The molecule has 1 aromatic rings. The maximum absolute atomic E-state index is 10.1. The largest absolute Gasteiger partial charge is 0.301 e. The number of halogens is 1. The predicted molar refractivity (Wildman–Crippen MR) is 40.7 cm³/mol. The topological polar surface area (TPSA) is 34.9 Å². The predicted octanol–water partition coefficient (Wildman–Crippen LogP) is 1.15. The number of carbonyl (C=O) groups is 1. The van der Waals surface area contributed by atoms with E-state index in [1.165, 1.54) is 0 Å². The van der Waals surface area contributed by atoms with Crippen LogP contribution in [0.5, 0.6) is 0 Å². The number of hydrogen-bond donors (Lipinski definition) is 0. The van der Waals surface area contributed by atoms with Gasteiger partial charge in [-0.2, -0.15) is 5.10 Å². The summed E-state index contributed by atoms with van der Waals surface area (Å²) in [5, 5.41) is 3.94. The van der Waals surface area contributed by atoms with E-state index in [9.17, 15) is 4.79 Å². The Morgan fingerprint density at radius 1 is 1.90 bits per heavy atom. The van der Waals surface area contributed by atoms with Gasteiger partial charge in [0.05, 0.1) is 12.7 Å². The van der Waals surface area contributed by atoms with Crippen LogP contribution < -0.4 is 0 Å². The SMILES string of the molecule is Cc1cnn(CC=O)c1Br. The van der Waals surface area contributed by atoms with Crippen molar-refractivity contribution in [1.82, 2.24) is 9.78 Å². The molecule has 4 heteroatoms. The van der Waals surface area contributed by atoms with E-state index in [2.05, 4.69) is 21.0 Å². The fraction of sp³-hybridized carbons (Fsp3) is 0.333. The van der Waals surface area contributed by atoms with Crippen LogP contribution in [0.3, 0.4) is 0 Å². The molecule has 0 fully saturated rings. The van der Waals surface area contributed by atoms with Crippen molar-refractivity contribution in [3.05, 3.63) is 16.4 Å². The first-order valence-electron chi connectivity index (χ1n) is 2.87. The highest BCUT2D eigenvalue weighted by molar-refractivity contribution is 9.10. The zero-order chi connectivity index (χ0) is 7.56. The number of nitrogens with zero attached hydrogens (tertiary/aromatic N) is 2. The van der Waals surface area contributed by atoms with Crippen molar-refractivity contribution in [1.29, 1.82) is 0 Å². The Morgan fingerprint density at radius 3 is 3.00 bits per heavy atom. The van der Waals surface area contributed by atoms with E-state index in [0.29, 0.717) is 6.54 Å². The third-order valence-electron chi connectivity index (χ3n) is 1.19. The Labute approximate surface area is 67.2 Å². The zero-order valence-electron chi connectivity index (χ0n) is 5.54. The minimum atomic E-state index is 0.314. The van der Waals surface area contributed by atoms with Gasteiger partial charge in [0.2, 0.25) is 0 Å². The molecule has 0 aliphatic carbocycles. The van der Waals surface area contributed by atoms with Crippen molar-refractivity contribution in [2.75, 3.05) is 0 Å². The molecule has 10 heavy (non-hydrogen) atoms. The number of aryl methyl sites for hydroxylation is 1. The molecular weight excluding hydrogens is 196 g/mol. The normalized spacial score (nSPS) is 9.80. The van der Waals surface area contributed by atoms with E-state index >= 15 is 0 Å². The molecule has 0 bridgehead atoms. The number of carbonyl (C=O) groups excluding carboxylic acids is 1. The van der Waals surface area contributed by atoms with E-state index in [-0.39, 0.29) is 0 Å². The molecule has 0 spiro atoms. The smallest absolute Gasteiger partial charge is 0.141 e.